The zero-order valence-electron chi connectivity index (χ0n) is 11.0. The van der Waals surface area contributed by atoms with Gasteiger partial charge in [0.15, 0.2) is 0 Å². The quantitative estimate of drug-likeness (QED) is 0.872. The Morgan fingerprint density at radius 3 is 2.20 bits per heavy atom. The van der Waals surface area contributed by atoms with Crippen LogP contribution in [0.3, 0.4) is 0 Å². The lowest BCUT2D eigenvalue weighted by atomic mass is 9.92. The number of rotatable bonds is 5. The van der Waals surface area contributed by atoms with Gasteiger partial charge in [-0.25, -0.2) is 8.78 Å². The van der Waals surface area contributed by atoms with E-state index in [1.54, 1.807) is 30.3 Å². The highest BCUT2D eigenvalue weighted by Gasteiger charge is 2.14. The summed E-state index contributed by atoms with van der Waals surface area (Å²) in [6.07, 6.45) is 1.02. The zero-order valence-corrected chi connectivity index (χ0v) is 12.5. The minimum absolute atomic E-state index is 0.0163. The first-order valence-corrected chi connectivity index (χ1v) is 7.27. The average molecular weight is 340 g/mol. The maximum absolute atomic E-state index is 13.8. The molecule has 1 unspecified atom stereocenters. The van der Waals surface area contributed by atoms with E-state index in [1.165, 1.54) is 12.1 Å². The standard InChI is InChI=1S/C16H16BrF2N/c17-14-6-5-13(16(19)9-14)8-11(10-20)7-12-3-1-2-4-15(12)18/h1-6,9,11H,7-8,10,20H2. The number of hydrogen-bond donors (Lipinski definition) is 1. The van der Waals surface area contributed by atoms with Crippen molar-refractivity contribution in [1.82, 2.24) is 0 Å². The molecule has 0 saturated heterocycles. The third-order valence-corrected chi connectivity index (χ3v) is 3.82. The van der Waals surface area contributed by atoms with Crippen LogP contribution in [-0.2, 0) is 12.8 Å². The van der Waals surface area contributed by atoms with E-state index in [4.69, 9.17) is 5.73 Å². The minimum Gasteiger partial charge on any atom is -0.330 e. The summed E-state index contributed by atoms with van der Waals surface area (Å²) in [6, 6.07) is 11.6. The molecular formula is C16H16BrF2N. The number of benzene rings is 2. The molecule has 0 aliphatic rings. The van der Waals surface area contributed by atoms with Crippen LogP contribution in [0.15, 0.2) is 46.9 Å². The summed E-state index contributed by atoms with van der Waals surface area (Å²) >= 11 is 3.23. The van der Waals surface area contributed by atoms with Crippen molar-refractivity contribution in [2.75, 3.05) is 6.54 Å². The minimum atomic E-state index is -0.258. The van der Waals surface area contributed by atoms with Crippen LogP contribution in [0.5, 0.6) is 0 Å². The smallest absolute Gasteiger partial charge is 0.127 e. The third kappa shape index (κ3) is 3.87. The van der Waals surface area contributed by atoms with Gasteiger partial charge in [-0.3, -0.25) is 0 Å². The van der Waals surface area contributed by atoms with Gasteiger partial charge in [0.1, 0.15) is 11.6 Å². The molecule has 0 heterocycles. The van der Waals surface area contributed by atoms with Gasteiger partial charge < -0.3 is 5.73 Å². The first kappa shape index (κ1) is 15.1. The topological polar surface area (TPSA) is 26.0 Å². The first-order valence-electron chi connectivity index (χ1n) is 6.47. The molecule has 0 aliphatic carbocycles. The second-order valence-corrected chi connectivity index (χ2v) is 5.75. The molecule has 106 valence electrons. The largest absolute Gasteiger partial charge is 0.330 e. The second-order valence-electron chi connectivity index (χ2n) is 4.84. The maximum atomic E-state index is 13.8. The van der Waals surface area contributed by atoms with Crippen LogP contribution >= 0.6 is 15.9 Å². The van der Waals surface area contributed by atoms with Crippen molar-refractivity contribution in [3.8, 4) is 0 Å². The van der Waals surface area contributed by atoms with Crippen LogP contribution in [0.2, 0.25) is 0 Å². The molecule has 0 amide bonds. The summed E-state index contributed by atoms with van der Waals surface area (Å²) in [7, 11) is 0. The van der Waals surface area contributed by atoms with E-state index in [-0.39, 0.29) is 17.6 Å². The summed E-state index contributed by atoms with van der Waals surface area (Å²) in [4.78, 5) is 0. The Morgan fingerprint density at radius 1 is 0.950 bits per heavy atom. The van der Waals surface area contributed by atoms with E-state index >= 15 is 0 Å². The number of hydrogen-bond acceptors (Lipinski definition) is 1. The van der Waals surface area contributed by atoms with E-state index in [0.717, 1.165) is 0 Å². The molecule has 0 spiro atoms. The van der Waals surface area contributed by atoms with Gasteiger partial charge in [0.05, 0.1) is 0 Å². The molecule has 0 saturated carbocycles. The summed E-state index contributed by atoms with van der Waals surface area (Å²) in [5.41, 5.74) is 6.98. The van der Waals surface area contributed by atoms with Crippen LogP contribution in [0.4, 0.5) is 8.78 Å². The fourth-order valence-electron chi connectivity index (χ4n) is 2.21. The second kappa shape index (κ2) is 6.95. The highest BCUT2D eigenvalue weighted by molar-refractivity contribution is 9.10. The predicted molar refractivity (Wildman–Crippen MR) is 80.5 cm³/mol. The summed E-state index contributed by atoms with van der Waals surface area (Å²) in [5, 5.41) is 0. The highest BCUT2D eigenvalue weighted by atomic mass is 79.9. The zero-order chi connectivity index (χ0) is 14.5. The molecule has 0 bridgehead atoms. The fourth-order valence-corrected chi connectivity index (χ4v) is 2.55. The molecule has 1 nitrogen and oxygen atoms in total. The summed E-state index contributed by atoms with van der Waals surface area (Å²) in [6.45, 7) is 0.393. The molecule has 0 aliphatic heterocycles. The Labute approximate surface area is 125 Å². The number of halogens is 3. The van der Waals surface area contributed by atoms with Crippen LogP contribution in [0.25, 0.3) is 0 Å². The summed E-state index contributed by atoms with van der Waals surface area (Å²) in [5.74, 6) is -0.476. The van der Waals surface area contributed by atoms with Gasteiger partial charge in [0.25, 0.3) is 0 Å². The third-order valence-electron chi connectivity index (χ3n) is 3.32. The van der Waals surface area contributed by atoms with E-state index in [0.29, 0.717) is 35.0 Å². The molecule has 0 radical (unpaired) electrons. The van der Waals surface area contributed by atoms with Crippen LogP contribution in [0, 0.1) is 17.6 Å². The lowest BCUT2D eigenvalue weighted by Crippen LogP contribution is -2.20. The van der Waals surface area contributed by atoms with Gasteiger partial charge in [-0.05, 0) is 54.6 Å². The van der Waals surface area contributed by atoms with Crippen molar-refractivity contribution in [2.24, 2.45) is 11.7 Å². The van der Waals surface area contributed by atoms with Gasteiger partial charge in [-0.1, -0.05) is 40.2 Å². The molecule has 4 heteroatoms. The summed E-state index contributed by atoms with van der Waals surface area (Å²) < 4.78 is 28.2. The number of nitrogens with two attached hydrogens (primary N) is 1. The van der Waals surface area contributed by atoms with Crippen molar-refractivity contribution < 1.29 is 8.78 Å². The van der Waals surface area contributed by atoms with Crippen molar-refractivity contribution >= 4 is 15.9 Å². The van der Waals surface area contributed by atoms with E-state index in [2.05, 4.69) is 15.9 Å². The van der Waals surface area contributed by atoms with Gasteiger partial charge >= 0.3 is 0 Å². The van der Waals surface area contributed by atoms with E-state index in [1.807, 2.05) is 0 Å². The highest BCUT2D eigenvalue weighted by Crippen LogP contribution is 2.20. The molecule has 0 fully saturated rings. The Hall–Kier alpha value is -1.26. The van der Waals surface area contributed by atoms with Gasteiger partial charge in [0, 0.05) is 4.47 Å². The average Bonchev–Trinajstić information content (AvgIpc) is 2.43. The lowest BCUT2D eigenvalue weighted by molar-refractivity contribution is 0.497. The van der Waals surface area contributed by atoms with Gasteiger partial charge in [0.2, 0.25) is 0 Å². The first-order chi connectivity index (χ1) is 9.60. The Kier molecular flexibility index (Phi) is 5.26. The van der Waals surface area contributed by atoms with E-state index < -0.39 is 0 Å². The Bertz CT molecular complexity index is 586. The van der Waals surface area contributed by atoms with Gasteiger partial charge in [-0.2, -0.15) is 0 Å². The predicted octanol–water partition coefficient (Wildman–Crippen LogP) is 4.09. The maximum Gasteiger partial charge on any atom is 0.127 e. The van der Waals surface area contributed by atoms with Gasteiger partial charge in [-0.15, -0.1) is 0 Å². The Morgan fingerprint density at radius 2 is 1.60 bits per heavy atom. The molecule has 0 aromatic heterocycles. The molecule has 2 aromatic carbocycles. The lowest BCUT2D eigenvalue weighted by Gasteiger charge is -2.16. The van der Waals surface area contributed by atoms with Crippen LogP contribution in [-0.4, -0.2) is 6.54 Å². The SMILES string of the molecule is NCC(Cc1ccccc1F)Cc1ccc(Br)cc1F. The molecule has 1 atom stereocenters. The van der Waals surface area contributed by atoms with Crippen molar-refractivity contribution in [1.29, 1.82) is 0 Å². The molecule has 20 heavy (non-hydrogen) atoms. The fraction of sp³-hybridized carbons (Fsp3) is 0.250. The van der Waals surface area contributed by atoms with Crippen molar-refractivity contribution in [3.63, 3.8) is 0 Å². The normalized spacial score (nSPS) is 12.4. The molecular weight excluding hydrogens is 324 g/mol. The van der Waals surface area contributed by atoms with Crippen LogP contribution in [0.1, 0.15) is 11.1 Å². The van der Waals surface area contributed by atoms with Crippen molar-refractivity contribution in [3.05, 3.63) is 69.7 Å². The van der Waals surface area contributed by atoms with Crippen molar-refractivity contribution in [2.45, 2.75) is 12.8 Å². The molecule has 2 aromatic rings. The van der Waals surface area contributed by atoms with Crippen LogP contribution < -0.4 is 5.73 Å². The molecule has 2 rings (SSSR count). The molecule has 2 N–H and O–H groups in total. The monoisotopic (exact) mass is 339 g/mol. The Balaban J connectivity index is 2.11. The van der Waals surface area contributed by atoms with E-state index in [9.17, 15) is 8.78 Å².